The lowest BCUT2D eigenvalue weighted by molar-refractivity contribution is -0.265. The molecule has 2 bridgehead atoms. The van der Waals surface area contributed by atoms with Crippen molar-refractivity contribution >= 4 is 74.9 Å². The van der Waals surface area contributed by atoms with Gasteiger partial charge in [0.2, 0.25) is 17.6 Å². The van der Waals surface area contributed by atoms with Gasteiger partial charge in [0, 0.05) is 121 Å². The molecule has 1 aromatic carbocycles. The molecule has 2 saturated heterocycles. The summed E-state index contributed by atoms with van der Waals surface area (Å²) in [6.07, 6.45) is 17.0. The molecule has 758 valence electrons. The number of fused-ring (bicyclic) bond motifs is 6. The average Bonchev–Trinajstić information content (AvgIpc) is 1.58. The van der Waals surface area contributed by atoms with Crippen LogP contribution in [0.1, 0.15) is 168 Å². The van der Waals surface area contributed by atoms with Gasteiger partial charge < -0.3 is 112 Å². The van der Waals surface area contributed by atoms with Gasteiger partial charge in [-0.25, -0.2) is 24.4 Å². The number of benzene rings is 1. The lowest BCUT2D eigenvalue weighted by Gasteiger charge is -2.42. The van der Waals surface area contributed by atoms with E-state index in [9.17, 15) is 48.6 Å². The molecule has 0 radical (unpaired) electrons. The first-order chi connectivity index (χ1) is 66.3. The number of nitrogen functional groups attached to an aromatic ring is 1. The van der Waals surface area contributed by atoms with Gasteiger partial charge in [-0.3, -0.25) is 33.6 Å². The molecule has 3 amide bonds. The van der Waals surface area contributed by atoms with Crippen molar-refractivity contribution in [1.82, 2.24) is 44.8 Å². The quantitative estimate of drug-likeness (QED) is 0.0105. The Labute approximate surface area is 804 Å². The Kier molecular flexibility index (Phi) is 46.7. The number of rotatable bonds is 47. The van der Waals surface area contributed by atoms with Crippen LogP contribution in [0.4, 0.5) is 5.82 Å². The number of pyridine rings is 1. The van der Waals surface area contributed by atoms with Crippen molar-refractivity contribution in [2.45, 2.75) is 225 Å². The summed E-state index contributed by atoms with van der Waals surface area (Å²) in [4.78, 5) is 130. The Bertz CT molecular complexity index is 4750. The number of methoxy groups -OCH3 is 3. The van der Waals surface area contributed by atoms with E-state index in [4.69, 9.17) is 86.6 Å². The zero-order chi connectivity index (χ0) is 98.0. The van der Waals surface area contributed by atoms with E-state index in [2.05, 4.69) is 43.5 Å². The van der Waals surface area contributed by atoms with E-state index < -0.39 is 95.9 Å². The van der Waals surface area contributed by atoms with E-state index in [0.717, 1.165) is 39.7 Å². The number of aliphatic hydroxyl groups is 2. The Morgan fingerprint density at radius 2 is 1.34 bits per heavy atom. The zero-order valence-corrected chi connectivity index (χ0v) is 81.8. The number of cyclic esters (lactones) is 1. The summed E-state index contributed by atoms with van der Waals surface area (Å²) in [5.41, 5.74) is 13.9. The minimum atomic E-state index is -2.48. The minimum absolute atomic E-state index is 0.00945. The Morgan fingerprint density at radius 3 is 2.01 bits per heavy atom. The number of hydrogen-bond acceptors (Lipinski definition) is 31. The number of aromatic nitrogens is 6. The van der Waals surface area contributed by atoms with Gasteiger partial charge in [-0.15, -0.1) is 0 Å². The molecule has 4 aliphatic heterocycles. The summed E-state index contributed by atoms with van der Waals surface area (Å²) in [7, 11) is 4.50. The normalized spacial score (nSPS) is 25.9. The number of H-pyrrole nitrogens is 1. The average molecular weight is 1920 g/mol. The third-order valence-corrected chi connectivity index (χ3v) is 26.1. The summed E-state index contributed by atoms with van der Waals surface area (Å²) < 4.78 is 94.1. The first-order valence-corrected chi connectivity index (χ1v) is 48.8. The van der Waals surface area contributed by atoms with E-state index >= 15 is 0 Å². The van der Waals surface area contributed by atoms with E-state index in [1.807, 2.05) is 79.1 Å². The minimum Gasteiger partial charge on any atom is -0.460 e. The Balaban J connectivity index is 0.510. The number of nitrogens with one attached hydrogen (secondary N) is 2. The van der Waals surface area contributed by atoms with Crippen LogP contribution < -0.4 is 11.1 Å². The van der Waals surface area contributed by atoms with Crippen molar-refractivity contribution in [3.63, 3.8) is 0 Å². The van der Waals surface area contributed by atoms with Gasteiger partial charge in [0.25, 0.3) is 11.7 Å². The molecule has 1 saturated carbocycles. The molecule has 1 aliphatic carbocycles. The van der Waals surface area contributed by atoms with Crippen molar-refractivity contribution in [2.75, 3.05) is 179 Å². The molecule has 137 heavy (non-hydrogen) atoms. The van der Waals surface area contributed by atoms with Crippen molar-refractivity contribution in [2.24, 2.45) is 35.5 Å². The second kappa shape index (κ2) is 58.2. The zero-order valence-electron chi connectivity index (χ0n) is 81.8. The number of anilines is 1. The van der Waals surface area contributed by atoms with Crippen LogP contribution in [0.5, 0.6) is 0 Å². The van der Waals surface area contributed by atoms with Gasteiger partial charge in [0.05, 0.1) is 162 Å². The summed E-state index contributed by atoms with van der Waals surface area (Å²) in [5, 5.41) is 33.2. The number of hydrogen-bond donors (Lipinski definition) is 5. The van der Waals surface area contributed by atoms with Gasteiger partial charge in [0.15, 0.2) is 11.4 Å². The van der Waals surface area contributed by atoms with Gasteiger partial charge in [-0.05, 0) is 149 Å². The Hall–Kier alpha value is -9.06. The number of esters is 2. The second-order valence-electron chi connectivity index (χ2n) is 36.4. The molecule has 0 unspecified atom stereocenters. The summed E-state index contributed by atoms with van der Waals surface area (Å²) >= 11 is 0. The number of piperidine rings is 1. The first-order valence-electron chi connectivity index (χ1n) is 48.8. The molecule has 4 aromatic heterocycles. The van der Waals surface area contributed by atoms with E-state index in [-0.39, 0.29) is 92.9 Å². The molecule has 36 heteroatoms. The smallest absolute Gasteiger partial charge is 0.329 e. The number of allylic oxidation sites excluding steroid dienone is 6. The predicted molar refractivity (Wildman–Crippen MR) is 508 cm³/mol. The number of aromatic amines is 1. The highest BCUT2D eigenvalue weighted by Gasteiger charge is 2.53. The fraction of sp³-hybridized carbons (Fsp3) is 0.663. The van der Waals surface area contributed by atoms with Crippen LogP contribution in [-0.4, -0.2) is 324 Å². The van der Waals surface area contributed by atoms with E-state index in [0.29, 0.717) is 244 Å². The highest BCUT2D eigenvalue weighted by atomic mass is 16.6. The number of amides is 3. The predicted octanol–water partition coefficient (Wildman–Crippen LogP) is 9.47. The number of nitrogens with two attached hydrogens (primary N) is 1. The largest absolute Gasteiger partial charge is 0.460 e. The van der Waals surface area contributed by atoms with Gasteiger partial charge in [-0.2, -0.15) is 5.10 Å². The first kappa shape index (κ1) is 110. The van der Waals surface area contributed by atoms with Crippen molar-refractivity contribution in [1.29, 1.82) is 0 Å². The van der Waals surface area contributed by atoms with Crippen LogP contribution in [-0.2, 0) is 134 Å². The molecule has 8 heterocycles. The molecule has 5 aromatic rings. The fourth-order valence-electron chi connectivity index (χ4n) is 18.1. The maximum absolute atomic E-state index is 14.8. The van der Waals surface area contributed by atoms with Gasteiger partial charge in [0.1, 0.15) is 59.7 Å². The molecular weight excluding hydrogens is 1770 g/mol. The lowest BCUT2D eigenvalue weighted by Crippen LogP contribution is -2.61. The van der Waals surface area contributed by atoms with Crippen molar-refractivity contribution < 1.29 is 124 Å². The number of carbonyl (C=O) groups excluding carboxylic acids is 8. The number of nitrogens with zero attached hydrogens (tertiary/aromatic N) is 7. The molecule has 10 rings (SSSR count). The Morgan fingerprint density at radius 1 is 0.679 bits per heavy atom. The second-order valence-corrected chi connectivity index (χ2v) is 36.4. The summed E-state index contributed by atoms with van der Waals surface area (Å²) in [6.45, 7) is 21.7. The monoisotopic (exact) mass is 1920 g/mol. The molecule has 0 spiro atoms. The molecule has 3 fully saturated rings. The van der Waals surface area contributed by atoms with Gasteiger partial charge in [-0.1, -0.05) is 89.3 Å². The molecule has 5 aliphatic rings. The molecule has 6 N–H and O–H groups in total. The van der Waals surface area contributed by atoms with Crippen LogP contribution in [0, 0.1) is 35.5 Å². The summed E-state index contributed by atoms with van der Waals surface area (Å²) in [6, 6.07) is 9.12. The van der Waals surface area contributed by atoms with Crippen LogP contribution in [0.3, 0.4) is 0 Å². The van der Waals surface area contributed by atoms with Gasteiger partial charge >= 0.3 is 11.9 Å². The van der Waals surface area contributed by atoms with Crippen LogP contribution >= 0.6 is 0 Å². The topological polar surface area (TPSA) is 442 Å². The third-order valence-electron chi connectivity index (χ3n) is 26.1. The van der Waals surface area contributed by atoms with Crippen LogP contribution in [0.15, 0.2) is 96.7 Å². The molecule has 15 atom stereocenters. The highest BCUT2D eigenvalue weighted by Crippen LogP contribution is 2.40. The fourth-order valence-corrected chi connectivity index (χ4v) is 18.1. The van der Waals surface area contributed by atoms with Crippen molar-refractivity contribution in [3.8, 4) is 11.3 Å². The summed E-state index contributed by atoms with van der Waals surface area (Å²) in [5.74, 6) is -8.75. The van der Waals surface area contributed by atoms with Crippen LogP contribution in [0.25, 0.3) is 33.3 Å². The van der Waals surface area contributed by atoms with Crippen LogP contribution in [0.2, 0.25) is 0 Å². The third kappa shape index (κ3) is 34.4. The number of aliphatic hydroxyl groups excluding tert-OH is 1. The SMILES string of the molecule is CO[C@H]1C[C@@H]2CC[C@@H](C)[C@@](O)(O2)C(=O)C(=O)N2CCCC[C@H]2C(=O)O[C@H]([C@H](C)C[C@@H]2CC[C@@H](OC(=O)CCCOCCOCCOCCOCCOCCC(=O)NCCOCCOCCOCCOCCOCCC(=O)N3CCc4cc(Cn5nc(-c6cnc7[nH]ccc7c6)c6c(N)ncnc65)ccc4C3)[C@H](OC)C2)CC(=O)[C@H](C)/C=C(\C)[C@@H](O)[C@@H](OC)C(=O)[C@H](C)C[C@H](C)/C=C/C=C/C=C/1C. The number of Topliss-reactive ketones (excluding diaryl/α,β-unsaturated/α-hetero) is 3. The number of ketones is 3. The molecule has 36 nitrogen and oxygen atoms in total. The standard InChI is InChI=1S/C101H148N10O26/c1-67-17-12-11-13-18-68(2)84(122-8)61-80-25-21-73(7)101(121,137-80)95(118)99(119)110-33-15-14-19-81(110)100(120)136-85(62-82(112)69(3)56-72(6)93(117)94(124-10)92(116)71(5)55-67)70(4)57-74-23-26-83(86(59-74)123-9)135-89(115)20-16-35-125-39-43-129-47-51-133-52-48-130-44-40-126-36-29-87(113)103-32-38-128-42-46-132-50-54-134-53-49-131-45-41-127-37-30-88(114)109-34-28-76-58-75(22-24-78(76)65-109)64-111-98-90(96(102)106-66-107-98)91(108-111)79-60-77-27-31-104-97(77)105-63-79/h11-13,17-18,22,24,27,31,56,58,60,63,66-67,69-71,73-74,80-81,83-86,93-94,117,121H,14-16,19-21,23,25-26,28-30,32-55,57,59,61-62,64-65H2,1-10H3,(H,103,113)(H,104,105)(H2,102,106,107)/b13-11+,17-12+,68-18+,72-56+/t67-,69-,70-,71-,73-,74+,80+,81+,83-,84+,85+,86-,93-,94+,101-/m1/s1. The van der Waals surface area contributed by atoms with E-state index in [1.54, 1.807) is 54.2 Å². The number of ether oxygens (including phenoxy) is 16. The molecular formula is C101H148N10O26. The maximum Gasteiger partial charge on any atom is 0.329 e. The number of carbonyl (C=O) groups is 8. The highest BCUT2D eigenvalue weighted by molar-refractivity contribution is 6.39. The van der Waals surface area contributed by atoms with E-state index in [1.165, 1.54) is 23.9 Å². The lowest BCUT2D eigenvalue weighted by atomic mass is 9.78. The van der Waals surface area contributed by atoms with Crippen molar-refractivity contribution in [3.05, 3.63) is 113 Å². The maximum atomic E-state index is 14.8.